The highest BCUT2D eigenvalue weighted by atomic mass is 32.2. The van der Waals surface area contributed by atoms with Crippen molar-refractivity contribution in [2.24, 2.45) is 0 Å². The molecule has 1 fully saturated rings. The fourth-order valence-corrected chi connectivity index (χ4v) is 4.25. The lowest BCUT2D eigenvalue weighted by Crippen LogP contribution is -2.32. The van der Waals surface area contributed by atoms with E-state index >= 15 is 0 Å². The van der Waals surface area contributed by atoms with Crippen LogP contribution >= 0.6 is 0 Å². The molecule has 1 saturated heterocycles. The molecule has 0 saturated carbocycles. The second-order valence-corrected chi connectivity index (χ2v) is 7.95. The van der Waals surface area contributed by atoms with Crippen LogP contribution in [-0.4, -0.2) is 37.9 Å². The summed E-state index contributed by atoms with van der Waals surface area (Å²) in [7, 11) is -3.67. The van der Waals surface area contributed by atoms with Gasteiger partial charge in [0.2, 0.25) is 10.0 Å². The molecule has 0 bridgehead atoms. The molecular formula is C17H21N3O4S. The Hall–Kier alpha value is -2.03. The van der Waals surface area contributed by atoms with Gasteiger partial charge in [-0.1, -0.05) is 0 Å². The Kier molecular flexibility index (Phi) is 5.03. The first kappa shape index (κ1) is 17.8. The van der Waals surface area contributed by atoms with E-state index in [-0.39, 0.29) is 23.1 Å². The van der Waals surface area contributed by atoms with E-state index in [0.29, 0.717) is 23.4 Å². The number of aryl methyl sites for hydroxylation is 1. The summed E-state index contributed by atoms with van der Waals surface area (Å²) in [6.45, 7) is 4.57. The van der Waals surface area contributed by atoms with Gasteiger partial charge in [-0.2, -0.15) is 5.10 Å². The minimum absolute atomic E-state index is 0.0692. The zero-order valence-corrected chi connectivity index (χ0v) is 15.0. The van der Waals surface area contributed by atoms with Crippen molar-refractivity contribution < 1.29 is 13.2 Å². The van der Waals surface area contributed by atoms with Crippen molar-refractivity contribution in [2.75, 3.05) is 13.2 Å². The lowest BCUT2D eigenvalue weighted by atomic mass is 10.0. The van der Waals surface area contributed by atoms with E-state index in [1.165, 1.54) is 6.07 Å². The molecule has 25 heavy (non-hydrogen) atoms. The molecule has 7 nitrogen and oxygen atoms in total. The maximum absolute atomic E-state index is 12.8. The molecule has 1 aliphatic rings. The molecule has 134 valence electrons. The van der Waals surface area contributed by atoms with Crippen molar-refractivity contribution in [1.29, 1.82) is 0 Å². The summed E-state index contributed by atoms with van der Waals surface area (Å²) in [5.41, 5.74) is 2.37. The van der Waals surface area contributed by atoms with E-state index in [9.17, 15) is 13.2 Å². The van der Waals surface area contributed by atoms with Crippen LogP contribution in [0.2, 0.25) is 0 Å². The Balaban J connectivity index is 1.94. The lowest BCUT2D eigenvalue weighted by molar-refractivity contribution is 0.114. The summed E-state index contributed by atoms with van der Waals surface area (Å²) >= 11 is 0. The van der Waals surface area contributed by atoms with Crippen LogP contribution in [0.15, 0.2) is 34.0 Å². The molecule has 0 spiro atoms. The summed E-state index contributed by atoms with van der Waals surface area (Å²) < 4.78 is 33.6. The number of benzene rings is 1. The van der Waals surface area contributed by atoms with Crippen LogP contribution in [0, 0.1) is 13.8 Å². The van der Waals surface area contributed by atoms with Gasteiger partial charge >= 0.3 is 0 Å². The normalized spacial score (nSPS) is 17.8. The van der Waals surface area contributed by atoms with Crippen LogP contribution < -0.4 is 10.3 Å². The monoisotopic (exact) mass is 363 g/mol. The zero-order chi connectivity index (χ0) is 18.0. The summed E-state index contributed by atoms with van der Waals surface area (Å²) in [6, 6.07) is 6.37. The Bertz CT molecular complexity index is 911. The van der Waals surface area contributed by atoms with Crippen LogP contribution in [0.4, 0.5) is 0 Å². The summed E-state index contributed by atoms with van der Waals surface area (Å²) in [5, 5.41) is 6.34. The molecule has 2 heterocycles. The Morgan fingerprint density at radius 2 is 2.12 bits per heavy atom. The van der Waals surface area contributed by atoms with Crippen molar-refractivity contribution in [3.8, 4) is 11.3 Å². The number of sulfonamides is 1. The van der Waals surface area contributed by atoms with E-state index < -0.39 is 10.0 Å². The van der Waals surface area contributed by atoms with Crippen molar-refractivity contribution in [2.45, 2.75) is 37.7 Å². The fourth-order valence-electron chi connectivity index (χ4n) is 2.84. The number of hydrogen-bond donors (Lipinski definition) is 2. The Labute approximate surface area is 146 Å². The summed E-state index contributed by atoms with van der Waals surface area (Å²) in [4.78, 5) is 11.4. The smallest absolute Gasteiger partial charge is 0.264 e. The maximum Gasteiger partial charge on any atom is 0.264 e. The van der Waals surface area contributed by atoms with Gasteiger partial charge in [0.25, 0.3) is 5.56 Å². The number of aromatic amines is 1. The quantitative estimate of drug-likeness (QED) is 0.838. The highest BCUT2D eigenvalue weighted by Gasteiger charge is 2.23. The summed E-state index contributed by atoms with van der Waals surface area (Å²) in [5.74, 6) is 0. The molecule has 3 rings (SSSR count). The third-order valence-electron chi connectivity index (χ3n) is 4.41. The number of rotatable bonds is 5. The van der Waals surface area contributed by atoms with Crippen LogP contribution in [0.1, 0.15) is 24.0 Å². The van der Waals surface area contributed by atoms with Crippen molar-refractivity contribution in [3.63, 3.8) is 0 Å². The highest BCUT2D eigenvalue weighted by Crippen LogP contribution is 2.26. The van der Waals surface area contributed by atoms with E-state index in [0.717, 1.165) is 18.4 Å². The van der Waals surface area contributed by atoms with Gasteiger partial charge in [-0.15, -0.1) is 0 Å². The van der Waals surface area contributed by atoms with Crippen LogP contribution in [-0.2, 0) is 14.8 Å². The van der Waals surface area contributed by atoms with E-state index in [4.69, 9.17) is 4.74 Å². The lowest BCUT2D eigenvalue weighted by Gasteiger charge is -2.15. The van der Waals surface area contributed by atoms with Gasteiger partial charge in [0.15, 0.2) is 0 Å². The Morgan fingerprint density at radius 1 is 1.32 bits per heavy atom. The Morgan fingerprint density at radius 3 is 2.76 bits per heavy atom. The molecule has 1 aromatic heterocycles. The fraction of sp³-hybridized carbons (Fsp3) is 0.412. The van der Waals surface area contributed by atoms with Gasteiger partial charge in [-0.25, -0.2) is 18.2 Å². The standard InChI is InChI=1S/C17H21N3O4S/c1-11-8-13(15-5-6-17(21)20-19-15)9-16(12(11)2)25(22,23)18-10-14-4-3-7-24-14/h5-6,8-9,14,18H,3-4,7,10H2,1-2H3,(H,20,21). The minimum Gasteiger partial charge on any atom is -0.377 e. The van der Waals surface area contributed by atoms with E-state index in [1.807, 2.05) is 13.0 Å². The van der Waals surface area contributed by atoms with Gasteiger partial charge in [0.05, 0.1) is 16.7 Å². The summed E-state index contributed by atoms with van der Waals surface area (Å²) in [6.07, 6.45) is 1.75. The second-order valence-electron chi connectivity index (χ2n) is 6.21. The topological polar surface area (TPSA) is 101 Å². The van der Waals surface area contributed by atoms with Crippen molar-refractivity contribution in [1.82, 2.24) is 14.9 Å². The van der Waals surface area contributed by atoms with Crippen LogP contribution in [0.25, 0.3) is 11.3 Å². The van der Waals surface area contributed by atoms with E-state index in [2.05, 4.69) is 14.9 Å². The highest BCUT2D eigenvalue weighted by molar-refractivity contribution is 7.89. The van der Waals surface area contributed by atoms with Gasteiger partial charge in [0, 0.05) is 24.8 Å². The number of H-pyrrole nitrogens is 1. The first-order chi connectivity index (χ1) is 11.9. The van der Waals surface area contributed by atoms with E-state index in [1.54, 1.807) is 19.1 Å². The van der Waals surface area contributed by atoms with Gasteiger partial charge in [-0.3, -0.25) is 4.79 Å². The molecular weight excluding hydrogens is 342 g/mol. The second kappa shape index (κ2) is 7.07. The van der Waals surface area contributed by atoms with Crippen LogP contribution in [0.5, 0.6) is 0 Å². The maximum atomic E-state index is 12.8. The van der Waals surface area contributed by atoms with Crippen molar-refractivity contribution in [3.05, 3.63) is 45.7 Å². The minimum atomic E-state index is -3.67. The average Bonchev–Trinajstić information content (AvgIpc) is 3.09. The van der Waals surface area contributed by atoms with Gasteiger partial charge in [-0.05, 0) is 56.0 Å². The first-order valence-electron chi connectivity index (χ1n) is 8.15. The largest absolute Gasteiger partial charge is 0.377 e. The molecule has 1 aromatic carbocycles. The molecule has 8 heteroatoms. The molecule has 1 aliphatic heterocycles. The zero-order valence-electron chi connectivity index (χ0n) is 14.2. The predicted octanol–water partition coefficient (Wildman–Crippen LogP) is 1.51. The first-order valence-corrected chi connectivity index (χ1v) is 9.64. The predicted molar refractivity (Wildman–Crippen MR) is 93.9 cm³/mol. The number of nitrogens with one attached hydrogen (secondary N) is 2. The number of ether oxygens (including phenoxy) is 1. The molecule has 0 radical (unpaired) electrons. The van der Waals surface area contributed by atoms with Gasteiger partial charge in [0.1, 0.15) is 0 Å². The number of aromatic nitrogens is 2. The number of hydrogen-bond acceptors (Lipinski definition) is 5. The molecule has 0 aliphatic carbocycles. The number of nitrogens with zero attached hydrogens (tertiary/aromatic N) is 1. The molecule has 0 amide bonds. The van der Waals surface area contributed by atoms with Crippen molar-refractivity contribution >= 4 is 10.0 Å². The SMILES string of the molecule is Cc1cc(-c2ccc(=O)[nH]n2)cc(S(=O)(=O)NCC2CCCO2)c1C. The molecule has 2 aromatic rings. The average molecular weight is 363 g/mol. The molecule has 1 atom stereocenters. The van der Waals surface area contributed by atoms with Gasteiger partial charge < -0.3 is 4.74 Å². The molecule has 1 unspecified atom stereocenters. The third-order valence-corrected chi connectivity index (χ3v) is 5.96. The van der Waals surface area contributed by atoms with Crippen LogP contribution in [0.3, 0.4) is 0 Å². The third kappa shape index (κ3) is 3.97. The molecule has 2 N–H and O–H groups in total.